The first-order chi connectivity index (χ1) is 7.74. The third-order valence-electron chi connectivity index (χ3n) is 2.47. The Morgan fingerprint density at radius 2 is 2.44 bits per heavy atom. The zero-order valence-electron chi connectivity index (χ0n) is 9.90. The van der Waals surface area contributed by atoms with Crippen LogP contribution in [0.3, 0.4) is 0 Å². The molecule has 0 saturated carbocycles. The van der Waals surface area contributed by atoms with Crippen LogP contribution in [0.2, 0.25) is 0 Å². The van der Waals surface area contributed by atoms with E-state index in [9.17, 15) is 4.79 Å². The van der Waals surface area contributed by atoms with Gasteiger partial charge >= 0.3 is 0 Å². The van der Waals surface area contributed by atoms with Crippen molar-refractivity contribution in [3.8, 4) is 0 Å². The van der Waals surface area contributed by atoms with Crippen LogP contribution in [0.25, 0.3) is 0 Å². The molecular formula is C13H19NO2. The molecule has 0 fully saturated rings. The van der Waals surface area contributed by atoms with Crippen LogP contribution in [0.15, 0.2) is 35.0 Å². The van der Waals surface area contributed by atoms with E-state index in [1.807, 2.05) is 32.1 Å². The highest BCUT2D eigenvalue weighted by molar-refractivity contribution is 5.78. The van der Waals surface area contributed by atoms with Crippen molar-refractivity contribution < 1.29 is 9.21 Å². The van der Waals surface area contributed by atoms with Crippen LogP contribution in [0.4, 0.5) is 0 Å². The third kappa shape index (κ3) is 4.34. The van der Waals surface area contributed by atoms with Crippen molar-refractivity contribution >= 4 is 5.91 Å². The lowest BCUT2D eigenvalue weighted by Crippen LogP contribution is -2.28. The van der Waals surface area contributed by atoms with Crippen LogP contribution in [-0.2, 0) is 11.3 Å². The molecule has 3 heteroatoms. The van der Waals surface area contributed by atoms with E-state index in [0.717, 1.165) is 18.6 Å². The smallest absolute Gasteiger partial charge is 0.223 e. The predicted molar refractivity (Wildman–Crippen MR) is 63.8 cm³/mol. The summed E-state index contributed by atoms with van der Waals surface area (Å²) in [6.45, 7) is 4.41. The minimum Gasteiger partial charge on any atom is -0.467 e. The van der Waals surface area contributed by atoms with Gasteiger partial charge in [0, 0.05) is 5.92 Å². The van der Waals surface area contributed by atoms with Gasteiger partial charge in [0.25, 0.3) is 0 Å². The second-order valence-electron chi connectivity index (χ2n) is 3.84. The van der Waals surface area contributed by atoms with Gasteiger partial charge in [0.05, 0.1) is 12.8 Å². The zero-order chi connectivity index (χ0) is 11.8. The minimum atomic E-state index is 0.0474. The number of hydrogen-bond acceptors (Lipinski definition) is 2. The highest BCUT2D eigenvalue weighted by Gasteiger charge is 2.11. The van der Waals surface area contributed by atoms with Gasteiger partial charge in [-0.3, -0.25) is 4.79 Å². The first-order valence-electron chi connectivity index (χ1n) is 5.65. The Balaban J connectivity index is 2.23. The van der Waals surface area contributed by atoms with Crippen molar-refractivity contribution in [1.29, 1.82) is 0 Å². The summed E-state index contributed by atoms with van der Waals surface area (Å²) in [5.74, 6) is 0.918. The fourth-order valence-corrected chi connectivity index (χ4v) is 1.41. The molecule has 1 atom stereocenters. The van der Waals surface area contributed by atoms with Gasteiger partial charge in [-0.15, -0.1) is 0 Å². The van der Waals surface area contributed by atoms with Crippen molar-refractivity contribution in [1.82, 2.24) is 5.32 Å². The highest BCUT2D eigenvalue weighted by atomic mass is 16.3. The maximum Gasteiger partial charge on any atom is 0.223 e. The van der Waals surface area contributed by atoms with Crippen LogP contribution >= 0.6 is 0 Å². The van der Waals surface area contributed by atoms with Crippen LogP contribution < -0.4 is 5.32 Å². The standard InChI is InChI=1S/C13H19NO2/c1-3-4-5-7-11(2)13(15)14-10-12-8-6-9-16-12/h3-4,6,8-9,11H,5,7,10H2,1-2H3,(H,14,15). The van der Waals surface area contributed by atoms with E-state index in [4.69, 9.17) is 4.42 Å². The minimum absolute atomic E-state index is 0.0474. The second-order valence-corrected chi connectivity index (χ2v) is 3.84. The molecule has 16 heavy (non-hydrogen) atoms. The maximum atomic E-state index is 11.7. The highest BCUT2D eigenvalue weighted by Crippen LogP contribution is 2.07. The molecular weight excluding hydrogens is 202 g/mol. The summed E-state index contributed by atoms with van der Waals surface area (Å²) in [6.07, 6.45) is 7.53. The number of nitrogens with one attached hydrogen (secondary N) is 1. The Labute approximate surface area is 96.5 Å². The molecule has 1 amide bonds. The first-order valence-corrected chi connectivity index (χ1v) is 5.65. The number of carbonyl (C=O) groups excluding carboxylic acids is 1. The van der Waals surface area contributed by atoms with E-state index in [0.29, 0.717) is 6.54 Å². The Bertz CT molecular complexity index is 328. The van der Waals surface area contributed by atoms with Crippen LogP contribution in [0.5, 0.6) is 0 Å². The van der Waals surface area contributed by atoms with E-state index in [2.05, 4.69) is 11.4 Å². The molecule has 0 radical (unpaired) electrons. The van der Waals surface area contributed by atoms with Gasteiger partial charge in [-0.1, -0.05) is 19.1 Å². The van der Waals surface area contributed by atoms with Gasteiger partial charge in [0.2, 0.25) is 5.91 Å². The number of hydrogen-bond donors (Lipinski definition) is 1. The predicted octanol–water partition coefficient (Wildman–Crippen LogP) is 2.89. The Morgan fingerprint density at radius 3 is 3.06 bits per heavy atom. The second kappa shape index (κ2) is 6.88. The lowest BCUT2D eigenvalue weighted by Gasteiger charge is -2.09. The van der Waals surface area contributed by atoms with Crippen molar-refractivity contribution in [2.45, 2.75) is 33.2 Å². The summed E-state index contributed by atoms with van der Waals surface area (Å²) in [5.41, 5.74) is 0. The summed E-state index contributed by atoms with van der Waals surface area (Å²) < 4.78 is 5.14. The van der Waals surface area contributed by atoms with Crippen molar-refractivity contribution in [2.24, 2.45) is 5.92 Å². The third-order valence-corrected chi connectivity index (χ3v) is 2.47. The molecule has 0 aromatic carbocycles. The molecule has 1 unspecified atom stereocenters. The molecule has 1 heterocycles. The molecule has 0 saturated heterocycles. The molecule has 1 rings (SSSR count). The quantitative estimate of drug-likeness (QED) is 0.750. The molecule has 3 nitrogen and oxygen atoms in total. The topological polar surface area (TPSA) is 42.2 Å². The number of amides is 1. The summed E-state index contributed by atoms with van der Waals surface area (Å²) in [6, 6.07) is 3.67. The number of carbonyl (C=O) groups is 1. The van der Waals surface area contributed by atoms with Crippen LogP contribution in [-0.4, -0.2) is 5.91 Å². The molecule has 1 aromatic rings. The maximum absolute atomic E-state index is 11.7. The lowest BCUT2D eigenvalue weighted by atomic mass is 10.0. The fraction of sp³-hybridized carbons (Fsp3) is 0.462. The molecule has 1 aromatic heterocycles. The Kier molecular flexibility index (Phi) is 5.40. The first kappa shape index (κ1) is 12.6. The Morgan fingerprint density at radius 1 is 1.62 bits per heavy atom. The fourth-order valence-electron chi connectivity index (χ4n) is 1.41. The summed E-state index contributed by atoms with van der Waals surface area (Å²) in [5, 5.41) is 2.85. The molecule has 88 valence electrons. The van der Waals surface area contributed by atoms with Crippen molar-refractivity contribution in [3.63, 3.8) is 0 Å². The van der Waals surface area contributed by atoms with E-state index < -0.39 is 0 Å². The van der Waals surface area contributed by atoms with Gasteiger partial charge in [-0.2, -0.15) is 0 Å². The lowest BCUT2D eigenvalue weighted by molar-refractivity contribution is -0.124. The van der Waals surface area contributed by atoms with E-state index in [1.165, 1.54) is 0 Å². The van der Waals surface area contributed by atoms with Crippen LogP contribution in [0.1, 0.15) is 32.4 Å². The molecule has 1 N–H and O–H groups in total. The monoisotopic (exact) mass is 221 g/mol. The summed E-state index contributed by atoms with van der Waals surface area (Å²) in [4.78, 5) is 11.7. The zero-order valence-corrected chi connectivity index (χ0v) is 9.90. The average molecular weight is 221 g/mol. The molecule has 0 aliphatic carbocycles. The average Bonchev–Trinajstić information content (AvgIpc) is 2.79. The van der Waals surface area contributed by atoms with Gasteiger partial charge in [0.1, 0.15) is 5.76 Å². The normalized spacial score (nSPS) is 12.9. The van der Waals surface area contributed by atoms with Gasteiger partial charge in [0.15, 0.2) is 0 Å². The van der Waals surface area contributed by atoms with Crippen LogP contribution in [0, 0.1) is 5.92 Å². The van der Waals surface area contributed by atoms with E-state index in [-0.39, 0.29) is 11.8 Å². The number of rotatable bonds is 6. The summed E-state index contributed by atoms with van der Waals surface area (Å²) in [7, 11) is 0. The SMILES string of the molecule is CC=CCCC(C)C(=O)NCc1ccco1. The van der Waals surface area contributed by atoms with Gasteiger partial charge in [-0.25, -0.2) is 0 Å². The number of allylic oxidation sites excluding steroid dienone is 2. The number of furan rings is 1. The van der Waals surface area contributed by atoms with Gasteiger partial charge in [-0.05, 0) is 31.9 Å². The Hall–Kier alpha value is -1.51. The molecule has 0 bridgehead atoms. The molecule has 0 aliphatic heterocycles. The van der Waals surface area contributed by atoms with E-state index in [1.54, 1.807) is 6.26 Å². The molecule has 0 spiro atoms. The largest absolute Gasteiger partial charge is 0.467 e. The van der Waals surface area contributed by atoms with Crippen molar-refractivity contribution in [2.75, 3.05) is 0 Å². The van der Waals surface area contributed by atoms with Crippen molar-refractivity contribution in [3.05, 3.63) is 36.3 Å². The molecule has 0 aliphatic rings. The summed E-state index contributed by atoms with van der Waals surface area (Å²) >= 11 is 0. The van der Waals surface area contributed by atoms with E-state index >= 15 is 0 Å². The van der Waals surface area contributed by atoms with Gasteiger partial charge < -0.3 is 9.73 Å².